The number of ether oxygens (including phenoxy) is 1. The molecule has 0 amide bonds. The lowest BCUT2D eigenvalue weighted by atomic mass is 10.1. The summed E-state index contributed by atoms with van der Waals surface area (Å²) >= 11 is 5.84. The van der Waals surface area contributed by atoms with Crippen LogP contribution in [0.15, 0.2) is 47.6 Å². The monoisotopic (exact) mass is 305 g/mol. The molecule has 0 bridgehead atoms. The van der Waals surface area contributed by atoms with E-state index in [2.05, 4.69) is 10.5 Å². The number of hydrogen-bond acceptors (Lipinski definition) is 4. The molecule has 2 aromatic rings. The Labute approximate surface area is 128 Å². The van der Waals surface area contributed by atoms with E-state index in [1.807, 2.05) is 36.4 Å². The molecule has 0 fully saturated rings. The van der Waals surface area contributed by atoms with Crippen LogP contribution in [0.25, 0.3) is 0 Å². The zero-order chi connectivity index (χ0) is 15.2. The van der Waals surface area contributed by atoms with Gasteiger partial charge in [0, 0.05) is 17.3 Å². The van der Waals surface area contributed by atoms with Gasteiger partial charge in [-0.2, -0.15) is 0 Å². The summed E-state index contributed by atoms with van der Waals surface area (Å²) in [5.74, 6) is 0.574. The largest absolute Gasteiger partial charge is 0.496 e. The molecule has 0 spiro atoms. The van der Waals surface area contributed by atoms with Crippen LogP contribution in [0.1, 0.15) is 11.1 Å². The number of halogens is 1. The first kappa shape index (κ1) is 15.0. The van der Waals surface area contributed by atoms with Gasteiger partial charge in [0.2, 0.25) is 0 Å². The molecule has 0 unspecified atom stereocenters. The van der Waals surface area contributed by atoms with Crippen molar-refractivity contribution >= 4 is 23.1 Å². The third-order valence-corrected chi connectivity index (χ3v) is 3.24. The van der Waals surface area contributed by atoms with Crippen LogP contribution < -0.4 is 15.8 Å². The van der Waals surface area contributed by atoms with Crippen LogP contribution in [0.5, 0.6) is 5.75 Å². The molecule has 2 rings (SSSR count). The topological polar surface area (TPSA) is 79.9 Å². The second-order valence-corrected chi connectivity index (χ2v) is 4.82. The summed E-state index contributed by atoms with van der Waals surface area (Å²) in [6, 6.07) is 13.0. The molecule has 6 heteroatoms. The van der Waals surface area contributed by atoms with Crippen LogP contribution >= 0.6 is 11.6 Å². The molecule has 0 aliphatic heterocycles. The number of oxime groups is 1. The van der Waals surface area contributed by atoms with Crippen LogP contribution in [-0.2, 0) is 6.54 Å². The minimum Gasteiger partial charge on any atom is -0.496 e. The van der Waals surface area contributed by atoms with E-state index >= 15 is 0 Å². The lowest BCUT2D eigenvalue weighted by Crippen LogP contribution is -2.14. The number of methoxy groups -OCH3 is 1. The molecule has 0 aromatic heterocycles. The van der Waals surface area contributed by atoms with Crippen LogP contribution in [-0.4, -0.2) is 18.2 Å². The average molecular weight is 306 g/mol. The minimum absolute atomic E-state index is 0.0176. The number of anilines is 1. The number of nitrogens with one attached hydrogen (secondary N) is 1. The van der Waals surface area contributed by atoms with Crippen molar-refractivity contribution in [1.29, 1.82) is 0 Å². The Kier molecular flexibility index (Phi) is 4.90. The summed E-state index contributed by atoms with van der Waals surface area (Å²) in [5.41, 5.74) is 8.12. The molecule has 2 aromatic carbocycles. The van der Waals surface area contributed by atoms with Crippen LogP contribution in [0.2, 0.25) is 5.02 Å². The van der Waals surface area contributed by atoms with Gasteiger partial charge in [0.1, 0.15) is 5.75 Å². The van der Waals surface area contributed by atoms with Gasteiger partial charge in [-0.05, 0) is 42.0 Å². The standard InChI is InChI=1S/C15H16ClN3O2/c1-21-14-8-10(2-7-13(14)15(17)19-20)9-18-12-5-3-11(16)4-6-12/h2-8,18,20H,9H2,1H3,(H2,17,19). The second kappa shape index (κ2) is 6.85. The maximum absolute atomic E-state index is 8.74. The molecule has 4 N–H and O–H groups in total. The van der Waals surface area contributed by atoms with Crippen LogP contribution in [0.4, 0.5) is 5.69 Å². The zero-order valence-electron chi connectivity index (χ0n) is 11.5. The van der Waals surface area contributed by atoms with Crippen molar-refractivity contribution < 1.29 is 9.94 Å². The van der Waals surface area contributed by atoms with Gasteiger partial charge < -0.3 is 21.0 Å². The van der Waals surface area contributed by atoms with Gasteiger partial charge in [-0.1, -0.05) is 22.8 Å². The highest BCUT2D eigenvalue weighted by atomic mass is 35.5. The molecule has 5 nitrogen and oxygen atoms in total. The zero-order valence-corrected chi connectivity index (χ0v) is 12.3. The highest BCUT2D eigenvalue weighted by molar-refractivity contribution is 6.30. The number of amidine groups is 1. The first-order valence-electron chi connectivity index (χ1n) is 6.28. The third-order valence-electron chi connectivity index (χ3n) is 2.99. The lowest BCUT2D eigenvalue weighted by molar-refractivity contribution is 0.318. The first-order chi connectivity index (χ1) is 10.1. The van der Waals surface area contributed by atoms with Gasteiger partial charge in [-0.3, -0.25) is 0 Å². The van der Waals surface area contributed by atoms with Crippen molar-refractivity contribution in [2.45, 2.75) is 6.54 Å². The minimum atomic E-state index is 0.0176. The molecule has 0 heterocycles. The van der Waals surface area contributed by atoms with E-state index in [0.717, 1.165) is 11.3 Å². The Balaban J connectivity index is 2.12. The number of rotatable bonds is 5. The molecule has 21 heavy (non-hydrogen) atoms. The molecule has 0 saturated heterocycles. The summed E-state index contributed by atoms with van der Waals surface area (Å²) in [6.07, 6.45) is 0. The molecule has 0 aliphatic carbocycles. The Hall–Kier alpha value is -2.40. The van der Waals surface area contributed by atoms with Crippen molar-refractivity contribution in [1.82, 2.24) is 0 Å². The fraction of sp³-hybridized carbons (Fsp3) is 0.133. The van der Waals surface area contributed by atoms with Crippen molar-refractivity contribution in [3.63, 3.8) is 0 Å². The predicted molar refractivity (Wildman–Crippen MR) is 84.3 cm³/mol. The lowest BCUT2D eigenvalue weighted by Gasteiger charge is -2.11. The van der Waals surface area contributed by atoms with Gasteiger partial charge in [0.15, 0.2) is 5.84 Å². The number of benzene rings is 2. The normalized spacial score (nSPS) is 11.2. The molecule has 0 atom stereocenters. The Morgan fingerprint density at radius 2 is 2.00 bits per heavy atom. The van der Waals surface area contributed by atoms with E-state index in [4.69, 9.17) is 27.3 Å². The van der Waals surface area contributed by atoms with Crippen molar-refractivity contribution in [3.8, 4) is 5.75 Å². The van der Waals surface area contributed by atoms with Crippen molar-refractivity contribution in [3.05, 3.63) is 58.6 Å². The number of hydrogen-bond donors (Lipinski definition) is 3. The van der Waals surface area contributed by atoms with Crippen LogP contribution in [0.3, 0.4) is 0 Å². The average Bonchev–Trinajstić information content (AvgIpc) is 2.53. The van der Waals surface area contributed by atoms with E-state index in [1.165, 1.54) is 0 Å². The highest BCUT2D eigenvalue weighted by Crippen LogP contribution is 2.21. The maximum Gasteiger partial charge on any atom is 0.173 e. The second-order valence-electron chi connectivity index (χ2n) is 4.38. The fourth-order valence-electron chi connectivity index (χ4n) is 1.88. The molecule has 0 radical (unpaired) electrons. The fourth-order valence-corrected chi connectivity index (χ4v) is 2.01. The summed E-state index contributed by atoms with van der Waals surface area (Å²) in [5, 5.41) is 15.7. The van der Waals surface area contributed by atoms with Gasteiger partial charge >= 0.3 is 0 Å². The van der Waals surface area contributed by atoms with E-state index in [0.29, 0.717) is 22.9 Å². The Morgan fingerprint density at radius 3 is 2.62 bits per heavy atom. The smallest absolute Gasteiger partial charge is 0.173 e. The van der Waals surface area contributed by atoms with Gasteiger partial charge in [-0.25, -0.2) is 0 Å². The van der Waals surface area contributed by atoms with Crippen LogP contribution in [0, 0.1) is 0 Å². The third kappa shape index (κ3) is 3.79. The van der Waals surface area contributed by atoms with Gasteiger partial charge in [0.25, 0.3) is 0 Å². The van der Waals surface area contributed by atoms with E-state index in [9.17, 15) is 0 Å². The van der Waals surface area contributed by atoms with Gasteiger partial charge in [0.05, 0.1) is 12.7 Å². The summed E-state index contributed by atoms with van der Waals surface area (Å²) in [4.78, 5) is 0. The Bertz CT molecular complexity index is 642. The van der Waals surface area contributed by atoms with E-state index in [-0.39, 0.29) is 5.84 Å². The SMILES string of the molecule is COc1cc(CNc2ccc(Cl)cc2)ccc1/C(N)=N/O. The van der Waals surface area contributed by atoms with Crippen molar-refractivity contribution in [2.24, 2.45) is 10.9 Å². The van der Waals surface area contributed by atoms with Gasteiger partial charge in [-0.15, -0.1) is 0 Å². The maximum atomic E-state index is 8.74. The van der Waals surface area contributed by atoms with E-state index in [1.54, 1.807) is 13.2 Å². The quantitative estimate of drug-likeness (QED) is 0.343. The molecular weight excluding hydrogens is 290 g/mol. The highest BCUT2D eigenvalue weighted by Gasteiger charge is 2.08. The summed E-state index contributed by atoms with van der Waals surface area (Å²) in [6.45, 7) is 0.619. The number of nitrogens with two attached hydrogens (primary N) is 1. The number of nitrogens with zero attached hydrogens (tertiary/aromatic N) is 1. The predicted octanol–water partition coefficient (Wildman–Crippen LogP) is 3.06. The first-order valence-corrected chi connectivity index (χ1v) is 6.66. The van der Waals surface area contributed by atoms with Crippen molar-refractivity contribution in [2.75, 3.05) is 12.4 Å². The summed E-state index contributed by atoms with van der Waals surface area (Å²) < 4.78 is 5.26. The molecule has 110 valence electrons. The summed E-state index contributed by atoms with van der Waals surface area (Å²) in [7, 11) is 1.54. The molecule has 0 saturated carbocycles. The Morgan fingerprint density at radius 1 is 1.29 bits per heavy atom. The molecule has 0 aliphatic rings. The molecular formula is C15H16ClN3O2. The van der Waals surface area contributed by atoms with E-state index < -0.39 is 0 Å².